The van der Waals surface area contributed by atoms with Crippen LogP contribution in [-0.2, 0) is 14.8 Å². The Morgan fingerprint density at radius 1 is 0.762 bits per heavy atom. The fourth-order valence-corrected chi connectivity index (χ4v) is 5.94. The molecule has 0 atom stereocenters. The number of hydrogen-bond donors (Lipinski definition) is 1. The third kappa shape index (κ3) is 6.89. The topological polar surface area (TPSA) is 103 Å². The normalized spacial score (nSPS) is 11.0. The number of nitrogens with zero attached hydrogens (tertiary/aromatic N) is 1. The number of sulfonamides is 1. The number of methoxy groups -OCH3 is 3. The summed E-state index contributed by atoms with van der Waals surface area (Å²) in [7, 11) is 0.150. The minimum atomic E-state index is -4.25. The van der Waals surface area contributed by atoms with E-state index in [0.29, 0.717) is 28.0 Å². The number of anilines is 2. The van der Waals surface area contributed by atoms with Gasteiger partial charge in [-0.25, -0.2) is 8.42 Å². The Morgan fingerprint density at radius 3 is 2.00 bits per heavy atom. The number of ether oxygens (including phenoxy) is 4. The summed E-state index contributed by atoms with van der Waals surface area (Å²) in [5.74, 6) is 1.19. The van der Waals surface area contributed by atoms with Crippen molar-refractivity contribution >= 4 is 38.9 Å². The third-order valence-corrected chi connectivity index (χ3v) is 8.23. The first-order valence-corrected chi connectivity index (χ1v) is 14.6. The van der Waals surface area contributed by atoms with Crippen LogP contribution in [0.15, 0.2) is 83.8 Å². The molecule has 1 amide bonds. The van der Waals surface area contributed by atoms with Gasteiger partial charge in [-0.3, -0.25) is 9.10 Å². The first kappa shape index (κ1) is 30.5. The molecule has 0 aliphatic heterocycles. The predicted octanol–water partition coefficient (Wildman–Crippen LogP) is 6.61. The Morgan fingerprint density at radius 2 is 1.36 bits per heavy atom. The van der Waals surface area contributed by atoms with E-state index in [4.69, 9.17) is 30.5 Å². The van der Waals surface area contributed by atoms with Gasteiger partial charge >= 0.3 is 0 Å². The summed E-state index contributed by atoms with van der Waals surface area (Å²) in [6, 6.07) is 21.4. The van der Waals surface area contributed by atoms with Gasteiger partial charge in [-0.05, 0) is 79.6 Å². The fraction of sp³-hybridized carbons (Fsp3) is 0.194. The van der Waals surface area contributed by atoms with Gasteiger partial charge in [0.05, 0.1) is 37.6 Å². The van der Waals surface area contributed by atoms with E-state index in [-0.39, 0.29) is 22.1 Å². The molecule has 42 heavy (non-hydrogen) atoms. The second kappa shape index (κ2) is 13.1. The van der Waals surface area contributed by atoms with Crippen LogP contribution in [0.1, 0.15) is 11.1 Å². The zero-order valence-corrected chi connectivity index (χ0v) is 25.4. The van der Waals surface area contributed by atoms with Crippen molar-refractivity contribution in [2.24, 2.45) is 0 Å². The van der Waals surface area contributed by atoms with Crippen molar-refractivity contribution in [1.82, 2.24) is 0 Å². The van der Waals surface area contributed by atoms with E-state index < -0.39 is 22.5 Å². The van der Waals surface area contributed by atoms with Crippen molar-refractivity contribution in [3.05, 3.63) is 95.0 Å². The van der Waals surface area contributed by atoms with Crippen molar-refractivity contribution in [2.75, 3.05) is 37.5 Å². The van der Waals surface area contributed by atoms with E-state index in [2.05, 4.69) is 5.32 Å². The maximum atomic E-state index is 14.0. The zero-order chi connectivity index (χ0) is 30.4. The van der Waals surface area contributed by atoms with Gasteiger partial charge in [0.15, 0.2) is 28.7 Å². The number of para-hydroxylation sites is 2. The van der Waals surface area contributed by atoms with Crippen molar-refractivity contribution in [2.45, 2.75) is 18.7 Å². The number of carbonyl (C=O) groups excluding carboxylic acids is 1. The summed E-state index contributed by atoms with van der Waals surface area (Å²) >= 11 is 6.24. The summed E-state index contributed by atoms with van der Waals surface area (Å²) in [4.78, 5) is 13.4. The van der Waals surface area contributed by atoms with Crippen LogP contribution in [0.5, 0.6) is 28.7 Å². The van der Waals surface area contributed by atoms with Crippen LogP contribution in [0, 0.1) is 13.8 Å². The molecule has 0 unspecified atom stereocenters. The molecule has 9 nitrogen and oxygen atoms in total. The summed E-state index contributed by atoms with van der Waals surface area (Å²) in [5.41, 5.74) is 2.25. The van der Waals surface area contributed by atoms with Crippen molar-refractivity contribution in [3.8, 4) is 28.7 Å². The molecule has 0 aliphatic carbocycles. The molecule has 0 aromatic heterocycles. The number of halogens is 1. The highest BCUT2D eigenvalue weighted by molar-refractivity contribution is 7.92. The molecule has 11 heteroatoms. The molecule has 0 saturated carbocycles. The highest BCUT2D eigenvalue weighted by atomic mass is 35.5. The first-order chi connectivity index (χ1) is 20.0. The van der Waals surface area contributed by atoms with Crippen LogP contribution >= 0.6 is 11.6 Å². The number of benzene rings is 4. The Balaban J connectivity index is 1.71. The van der Waals surface area contributed by atoms with Crippen LogP contribution in [0.3, 0.4) is 0 Å². The first-order valence-electron chi connectivity index (χ1n) is 12.8. The standard InChI is InChI=1S/C31H31ClN2O7S/c1-20-14-21(2)16-23(15-20)34(42(36,37)24-11-13-28(39-4)30(18-24)40-5)19-31(35)33-25-17-22(32)10-12-26(25)41-29-9-7-6-8-27(29)38-3/h6-18H,19H2,1-5H3,(H,33,35). The molecule has 4 aromatic carbocycles. The zero-order valence-electron chi connectivity index (χ0n) is 23.8. The van der Waals surface area contributed by atoms with E-state index in [0.717, 1.165) is 15.4 Å². The lowest BCUT2D eigenvalue weighted by Gasteiger charge is -2.25. The number of carbonyl (C=O) groups is 1. The largest absolute Gasteiger partial charge is 0.493 e. The minimum Gasteiger partial charge on any atom is -0.493 e. The Labute approximate surface area is 250 Å². The van der Waals surface area contributed by atoms with Crippen molar-refractivity contribution in [3.63, 3.8) is 0 Å². The molecule has 0 heterocycles. The van der Waals surface area contributed by atoms with Gasteiger partial charge in [0, 0.05) is 11.1 Å². The van der Waals surface area contributed by atoms with E-state index in [1.165, 1.54) is 45.6 Å². The average molecular weight is 611 g/mol. The molecule has 4 rings (SSSR count). The lowest BCUT2D eigenvalue weighted by Crippen LogP contribution is -2.38. The summed E-state index contributed by atoms with van der Waals surface area (Å²) in [5, 5.41) is 3.11. The SMILES string of the molecule is COc1ccc(S(=O)(=O)N(CC(=O)Nc2cc(Cl)ccc2Oc2ccccc2OC)c2cc(C)cc(C)c2)cc1OC. The van der Waals surface area contributed by atoms with Crippen molar-refractivity contribution in [1.29, 1.82) is 0 Å². The Kier molecular flexibility index (Phi) is 9.49. The molecule has 1 N–H and O–H groups in total. The maximum Gasteiger partial charge on any atom is 0.264 e. The molecule has 220 valence electrons. The molecule has 0 saturated heterocycles. The average Bonchev–Trinajstić information content (AvgIpc) is 2.96. The second-order valence-electron chi connectivity index (χ2n) is 9.32. The molecule has 0 radical (unpaired) electrons. The van der Waals surface area contributed by atoms with Gasteiger partial charge in [0.2, 0.25) is 5.91 Å². The Hall–Kier alpha value is -4.41. The lowest BCUT2D eigenvalue weighted by molar-refractivity contribution is -0.114. The molecule has 4 aromatic rings. The number of amides is 1. The van der Waals surface area contributed by atoms with Gasteiger partial charge in [-0.15, -0.1) is 0 Å². The highest BCUT2D eigenvalue weighted by Gasteiger charge is 2.29. The predicted molar refractivity (Wildman–Crippen MR) is 163 cm³/mol. The molecular weight excluding hydrogens is 580 g/mol. The lowest BCUT2D eigenvalue weighted by atomic mass is 10.1. The van der Waals surface area contributed by atoms with E-state index in [9.17, 15) is 13.2 Å². The number of nitrogens with one attached hydrogen (secondary N) is 1. The second-order valence-corrected chi connectivity index (χ2v) is 11.6. The van der Waals surface area contributed by atoms with E-state index in [1.54, 1.807) is 48.5 Å². The van der Waals surface area contributed by atoms with Gasteiger partial charge in [-0.2, -0.15) is 0 Å². The van der Waals surface area contributed by atoms with Gasteiger partial charge in [-0.1, -0.05) is 29.8 Å². The van der Waals surface area contributed by atoms with E-state index >= 15 is 0 Å². The molecule has 0 spiro atoms. The minimum absolute atomic E-state index is 0.0740. The van der Waals surface area contributed by atoms with Crippen LogP contribution in [0.25, 0.3) is 0 Å². The van der Waals surface area contributed by atoms with Gasteiger partial charge in [0.25, 0.3) is 10.0 Å². The number of aryl methyl sites for hydroxylation is 2. The van der Waals surface area contributed by atoms with Crippen LogP contribution < -0.4 is 28.6 Å². The Bertz CT molecular complexity index is 1690. The maximum absolute atomic E-state index is 14.0. The van der Waals surface area contributed by atoms with Crippen LogP contribution in [0.4, 0.5) is 11.4 Å². The highest BCUT2D eigenvalue weighted by Crippen LogP contribution is 2.37. The molecule has 0 fully saturated rings. The van der Waals surface area contributed by atoms with Crippen molar-refractivity contribution < 1.29 is 32.2 Å². The summed E-state index contributed by atoms with van der Waals surface area (Å²) in [6.45, 7) is 3.16. The van der Waals surface area contributed by atoms with Crippen LogP contribution in [-0.4, -0.2) is 42.2 Å². The summed E-state index contributed by atoms with van der Waals surface area (Å²) < 4.78 is 51.1. The smallest absolute Gasteiger partial charge is 0.264 e. The number of rotatable bonds is 11. The fourth-order valence-electron chi connectivity index (χ4n) is 4.34. The number of hydrogen-bond acceptors (Lipinski definition) is 7. The third-order valence-electron chi connectivity index (χ3n) is 6.23. The van der Waals surface area contributed by atoms with E-state index in [1.807, 2.05) is 19.9 Å². The summed E-state index contributed by atoms with van der Waals surface area (Å²) in [6.07, 6.45) is 0. The molecular formula is C31H31ClN2O7S. The monoisotopic (exact) mass is 610 g/mol. The quantitative estimate of drug-likeness (QED) is 0.204. The molecule has 0 aliphatic rings. The molecule has 0 bridgehead atoms. The van der Waals surface area contributed by atoms with Gasteiger partial charge in [0.1, 0.15) is 6.54 Å². The van der Waals surface area contributed by atoms with Crippen LogP contribution in [0.2, 0.25) is 5.02 Å². The van der Waals surface area contributed by atoms with Gasteiger partial charge < -0.3 is 24.3 Å².